The first-order valence-corrected chi connectivity index (χ1v) is 9.37. The Morgan fingerprint density at radius 3 is 2.25 bits per heavy atom. The van der Waals surface area contributed by atoms with Gasteiger partial charge < -0.3 is 4.90 Å². The third-order valence-electron chi connectivity index (χ3n) is 3.80. The number of unbranched alkanes of at least 4 members (excludes halogenated alkanes) is 4. The van der Waals surface area contributed by atoms with Gasteiger partial charge in [-0.1, -0.05) is 24.6 Å². The normalized spacial score (nSPS) is 16.4. The van der Waals surface area contributed by atoms with E-state index < -0.39 is 10.8 Å². The lowest BCUT2D eigenvalue weighted by Gasteiger charge is -2.28. The zero-order valence-corrected chi connectivity index (χ0v) is 14.6. The predicted molar refractivity (Wildman–Crippen MR) is 92.7 cm³/mol. The second-order valence-corrected chi connectivity index (χ2v) is 7.45. The quantitative estimate of drug-likeness (QED) is 0.398. The van der Waals surface area contributed by atoms with Crippen LogP contribution in [0.25, 0.3) is 0 Å². The molecule has 0 aromatic carbocycles. The van der Waals surface area contributed by atoms with E-state index in [1.165, 1.54) is 25.7 Å². The second kappa shape index (κ2) is 12.3. The van der Waals surface area contributed by atoms with Gasteiger partial charge in [-0.05, 0) is 59.5 Å². The van der Waals surface area contributed by atoms with Crippen LogP contribution in [-0.2, 0) is 10.8 Å². The van der Waals surface area contributed by atoms with Crippen LogP contribution in [0.15, 0.2) is 24.8 Å². The van der Waals surface area contributed by atoms with Crippen molar-refractivity contribution < 1.29 is 4.21 Å². The van der Waals surface area contributed by atoms with Gasteiger partial charge in [-0.25, -0.2) is 0 Å². The lowest BCUT2D eigenvalue weighted by molar-refractivity contribution is 0.276. The third kappa shape index (κ3) is 9.49. The molecule has 0 aromatic rings. The summed E-state index contributed by atoms with van der Waals surface area (Å²) in [6.45, 7) is 5.82. The number of nitrogens with zero attached hydrogens (tertiary/aromatic N) is 1. The molecule has 0 rings (SSSR count). The van der Waals surface area contributed by atoms with Gasteiger partial charge in [0.2, 0.25) is 0 Å². The molecule has 0 aromatic heterocycles. The maximum atomic E-state index is 11.6. The molecule has 0 saturated carbocycles. The van der Waals surface area contributed by atoms with Crippen LogP contribution in [0.1, 0.15) is 51.9 Å². The van der Waals surface area contributed by atoms with Gasteiger partial charge in [0.05, 0.1) is 0 Å². The molecule has 0 fully saturated rings. The minimum Gasteiger partial charge on any atom is -0.305 e. The zero-order valence-electron chi connectivity index (χ0n) is 13.8. The molecule has 3 heteroatoms. The first-order valence-electron chi connectivity index (χ1n) is 7.75. The number of allylic oxidation sites excluding steroid dienone is 3. The molecule has 20 heavy (non-hydrogen) atoms. The van der Waals surface area contributed by atoms with Crippen molar-refractivity contribution in [3.05, 3.63) is 24.8 Å². The van der Waals surface area contributed by atoms with Gasteiger partial charge in [-0.15, -0.1) is 6.58 Å². The number of hydrogen-bond donors (Lipinski definition) is 0. The molecule has 0 spiro atoms. The summed E-state index contributed by atoms with van der Waals surface area (Å²) < 4.78 is 11.6. The summed E-state index contributed by atoms with van der Waals surface area (Å²) in [5.41, 5.74) is 0. The largest absolute Gasteiger partial charge is 0.305 e. The Morgan fingerprint density at radius 2 is 1.70 bits per heavy atom. The van der Waals surface area contributed by atoms with E-state index in [2.05, 4.69) is 44.6 Å². The standard InChI is InChI=1S/C17H33NOS/c1-6-7-8-9-10-11-12-13-14-15-17(18(3)4)16(2)20(5)19/h6,12-13,16-17H,1,7-11,14-15H2,2-5H3/b13-12+/t16-,17-,20+/m0/s1. The molecule has 0 unspecified atom stereocenters. The fraction of sp³-hybridized carbons (Fsp3) is 0.765. The van der Waals surface area contributed by atoms with Crippen molar-refractivity contribution in [1.82, 2.24) is 4.90 Å². The van der Waals surface area contributed by atoms with Crippen molar-refractivity contribution in [3.63, 3.8) is 0 Å². The van der Waals surface area contributed by atoms with Crippen molar-refractivity contribution in [2.24, 2.45) is 0 Å². The predicted octanol–water partition coefficient (Wildman–Crippen LogP) is 4.16. The average molecular weight is 300 g/mol. The van der Waals surface area contributed by atoms with Crippen molar-refractivity contribution in [1.29, 1.82) is 0 Å². The van der Waals surface area contributed by atoms with Gasteiger partial charge in [-0.2, -0.15) is 0 Å². The topological polar surface area (TPSA) is 20.3 Å². The van der Waals surface area contributed by atoms with E-state index in [1.807, 2.05) is 6.08 Å². The fourth-order valence-corrected chi connectivity index (χ4v) is 3.19. The lowest BCUT2D eigenvalue weighted by Crippen LogP contribution is -2.39. The molecule has 0 aliphatic heterocycles. The van der Waals surface area contributed by atoms with E-state index in [1.54, 1.807) is 6.26 Å². The summed E-state index contributed by atoms with van der Waals surface area (Å²) in [5, 5.41) is 0.234. The van der Waals surface area contributed by atoms with Gasteiger partial charge in [0.25, 0.3) is 0 Å². The van der Waals surface area contributed by atoms with Gasteiger partial charge in [0.1, 0.15) is 0 Å². The highest BCUT2D eigenvalue weighted by atomic mass is 32.2. The summed E-state index contributed by atoms with van der Waals surface area (Å²) in [6, 6.07) is 0.401. The van der Waals surface area contributed by atoms with Crippen LogP contribution in [0.2, 0.25) is 0 Å². The monoisotopic (exact) mass is 299 g/mol. The summed E-state index contributed by atoms with van der Waals surface area (Å²) >= 11 is 0. The Hall–Kier alpha value is -0.410. The molecular formula is C17H33NOS. The molecule has 0 amide bonds. The number of hydrogen-bond acceptors (Lipinski definition) is 2. The minimum absolute atomic E-state index is 0.234. The maximum Gasteiger partial charge on any atom is 0.0472 e. The highest BCUT2D eigenvalue weighted by Gasteiger charge is 2.21. The van der Waals surface area contributed by atoms with Crippen LogP contribution >= 0.6 is 0 Å². The summed E-state index contributed by atoms with van der Waals surface area (Å²) in [5.74, 6) is 0. The first-order chi connectivity index (χ1) is 9.50. The highest BCUT2D eigenvalue weighted by molar-refractivity contribution is 7.84. The van der Waals surface area contributed by atoms with Gasteiger partial charge >= 0.3 is 0 Å². The van der Waals surface area contributed by atoms with E-state index >= 15 is 0 Å². The Kier molecular flexibility index (Phi) is 12.1. The van der Waals surface area contributed by atoms with E-state index in [0.29, 0.717) is 6.04 Å². The Labute approximate surface area is 128 Å². The minimum atomic E-state index is -0.748. The van der Waals surface area contributed by atoms with E-state index in [0.717, 1.165) is 19.3 Å². The Morgan fingerprint density at radius 1 is 1.10 bits per heavy atom. The van der Waals surface area contributed by atoms with Gasteiger partial charge in [0.15, 0.2) is 0 Å². The average Bonchev–Trinajstić information content (AvgIpc) is 2.39. The molecule has 0 bridgehead atoms. The molecule has 3 atom stereocenters. The second-order valence-electron chi connectivity index (χ2n) is 5.71. The lowest BCUT2D eigenvalue weighted by atomic mass is 10.1. The first kappa shape index (κ1) is 19.6. The van der Waals surface area contributed by atoms with Crippen molar-refractivity contribution in [3.8, 4) is 0 Å². The summed E-state index contributed by atoms with van der Waals surface area (Å²) in [4.78, 5) is 2.20. The highest BCUT2D eigenvalue weighted by Crippen LogP contribution is 2.13. The molecule has 0 radical (unpaired) electrons. The van der Waals surface area contributed by atoms with Crippen LogP contribution in [0.3, 0.4) is 0 Å². The molecule has 118 valence electrons. The molecule has 0 saturated heterocycles. The van der Waals surface area contributed by atoms with Crippen LogP contribution in [0, 0.1) is 0 Å². The third-order valence-corrected chi connectivity index (χ3v) is 5.16. The van der Waals surface area contributed by atoms with Crippen LogP contribution in [0.5, 0.6) is 0 Å². The van der Waals surface area contributed by atoms with E-state index in [9.17, 15) is 4.21 Å². The van der Waals surface area contributed by atoms with Crippen molar-refractivity contribution >= 4 is 10.8 Å². The Balaban J connectivity index is 3.83. The van der Waals surface area contributed by atoms with Gasteiger partial charge in [0, 0.05) is 28.3 Å². The van der Waals surface area contributed by atoms with E-state index in [4.69, 9.17) is 0 Å². The van der Waals surface area contributed by atoms with Crippen molar-refractivity contribution in [2.75, 3.05) is 20.4 Å². The smallest absolute Gasteiger partial charge is 0.0472 e. The molecule has 2 nitrogen and oxygen atoms in total. The summed E-state index contributed by atoms with van der Waals surface area (Å²) in [7, 11) is 3.41. The van der Waals surface area contributed by atoms with Crippen LogP contribution in [-0.4, -0.2) is 40.8 Å². The summed E-state index contributed by atoms with van der Waals surface area (Å²) in [6.07, 6.45) is 16.7. The molecule has 0 aliphatic carbocycles. The van der Waals surface area contributed by atoms with Gasteiger partial charge in [-0.3, -0.25) is 4.21 Å². The van der Waals surface area contributed by atoms with Crippen LogP contribution in [0.4, 0.5) is 0 Å². The zero-order chi connectivity index (χ0) is 15.4. The Bertz CT molecular complexity index is 299. The molecule has 0 aliphatic rings. The fourth-order valence-electron chi connectivity index (χ4n) is 2.36. The number of rotatable bonds is 12. The van der Waals surface area contributed by atoms with E-state index in [-0.39, 0.29) is 5.25 Å². The maximum absolute atomic E-state index is 11.6. The van der Waals surface area contributed by atoms with Crippen molar-refractivity contribution in [2.45, 2.75) is 63.2 Å². The molecular weight excluding hydrogens is 266 g/mol. The SMILES string of the molecule is C=CCCCCC/C=C/CC[C@@H]([C@H](C)[S@@](C)=O)N(C)C. The molecule has 0 heterocycles. The van der Waals surface area contributed by atoms with Crippen LogP contribution < -0.4 is 0 Å². The molecule has 0 N–H and O–H groups in total.